The van der Waals surface area contributed by atoms with Gasteiger partial charge in [-0.3, -0.25) is 10.1 Å². The average Bonchev–Trinajstić information content (AvgIpc) is 2.37. The fraction of sp³-hybridized carbons (Fsp3) is 0.455. The molecule has 0 amide bonds. The van der Waals surface area contributed by atoms with Crippen molar-refractivity contribution in [3.8, 4) is 0 Å². The van der Waals surface area contributed by atoms with Crippen molar-refractivity contribution in [3.05, 3.63) is 39.9 Å². The van der Waals surface area contributed by atoms with E-state index in [4.69, 9.17) is 4.89 Å². The summed E-state index contributed by atoms with van der Waals surface area (Å²) in [5.74, 6) is 0. The van der Waals surface area contributed by atoms with E-state index in [1.165, 1.54) is 37.1 Å². The first-order valence-corrected chi connectivity index (χ1v) is 6.66. The predicted octanol–water partition coefficient (Wildman–Crippen LogP) is 3.57. The number of rotatable bonds is 5. The molecular weight excluding hydrogens is 257 g/mol. The highest BCUT2D eigenvalue weighted by Crippen LogP contribution is 2.19. The molecule has 1 rings (SSSR count). The van der Waals surface area contributed by atoms with Crippen LogP contribution >= 0.6 is 8.25 Å². The molecule has 1 aromatic rings. The molecule has 6 nitrogen and oxygen atoms in total. The minimum atomic E-state index is -2.63. The molecule has 1 unspecified atom stereocenters. The topological polar surface area (TPSA) is 89.7 Å². The van der Waals surface area contributed by atoms with Gasteiger partial charge in [0.15, 0.2) is 0 Å². The Kier molecular flexibility index (Phi) is 8.92. The Hall–Kier alpha value is -1.36. The summed E-state index contributed by atoms with van der Waals surface area (Å²) in [5.41, 5.74) is 0.579. The molecular formula is C11H17NO5P+. The molecule has 0 fully saturated rings. The largest absolute Gasteiger partial charge is 0.695 e. The maximum atomic E-state index is 10.3. The molecule has 1 atom stereocenters. The van der Waals surface area contributed by atoms with Crippen LogP contribution in [0.1, 0.15) is 32.3 Å². The van der Waals surface area contributed by atoms with Crippen LogP contribution < -0.4 is 0 Å². The molecule has 0 aliphatic heterocycles. The molecule has 18 heavy (non-hydrogen) atoms. The fourth-order valence-corrected chi connectivity index (χ4v) is 1.10. The summed E-state index contributed by atoms with van der Waals surface area (Å²) in [5, 5.41) is 10.3. The van der Waals surface area contributed by atoms with Crippen molar-refractivity contribution in [2.24, 2.45) is 0 Å². The molecule has 0 radical (unpaired) electrons. The van der Waals surface area contributed by atoms with Crippen LogP contribution in [-0.4, -0.2) is 9.82 Å². The van der Waals surface area contributed by atoms with E-state index in [-0.39, 0.29) is 12.3 Å². The molecule has 1 aromatic carbocycles. The zero-order valence-corrected chi connectivity index (χ0v) is 11.3. The van der Waals surface area contributed by atoms with E-state index in [1.807, 2.05) is 0 Å². The third-order valence-corrected chi connectivity index (χ3v) is 2.34. The minimum absolute atomic E-state index is 0.0258. The summed E-state index contributed by atoms with van der Waals surface area (Å²) in [4.78, 5) is 18.1. The number of nitrogens with zero attached hydrogens (tertiary/aromatic N) is 1. The molecule has 0 spiro atoms. The van der Waals surface area contributed by atoms with Gasteiger partial charge in [-0.2, -0.15) is 0 Å². The minimum Gasteiger partial charge on any atom is -0.258 e. The van der Waals surface area contributed by atoms with Gasteiger partial charge in [0, 0.05) is 16.7 Å². The third-order valence-electron chi connectivity index (χ3n) is 1.99. The van der Waals surface area contributed by atoms with Crippen molar-refractivity contribution in [1.82, 2.24) is 0 Å². The van der Waals surface area contributed by atoms with Crippen LogP contribution in [0.4, 0.5) is 5.69 Å². The van der Waals surface area contributed by atoms with Crippen LogP contribution in [-0.2, 0) is 15.7 Å². The lowest BCUT2D eigenvalue weighted by Crippen LogP contribution is -1.89. The van der Waals surface area contributed by atoms with E-state index in [9.17, 15) is 14.7 Å². The predicted molar refractivity (Wildman–Crippen MR) is 68.3 cm³/mol. The van der Waals surface area contributed by atoms with E-state index < -0.39 is 13.2 Å². The number of nitro groups is 1. The van der Waals surface area contributed by atoms with Crippen LogP contribution in [0.5, 0.6) is 0 Å². The second kappa shape index (κ2) is 9.65. The van der Waals surface area contributed by atoms with E-state index >= 15 is 0 Å². The Labute approximate surface area is 107 Å². The maximum Gasteiger partial charge on any atom is 0.695 e. The maximum absolute atomic E-state index is 10.3. The normalized spacial score (nSPS) is 10.3. The molecule has 0 saturated carbocycles. The van der Waals surface area contributed by atoms with Gasteiger partial charge in [0.25, 0.3) is 5.69 Å². The molecule has 7 heteroatoms. The first kappa shape index (κ1) is 16.6. The van der Waals surface area contributed by atoms with Gasteiger partial charge in [-0.15, -0.1) is 9.42 Å². The summed E-state index contributed by atoms with van der Waals surface area (Å²) >= 11 is 0. The van der Waals surface area contributed by atoms with E-state index in [1.54, 1.807) is 0 Å². The van der Waals surface area contributed by atoms with Crippen LogP contribution in [0.3, 0.4) is 0 Å². The van der Waals surface area contributed by atoms with Gasteiger partial charge in [0.2, 0.25) is 0 Å². The van der Waals surface area contributed by atoms with E-state index in [2.05, 4.69) is 18.4 Å². The van der Waals surface area contributed by atoms with Gasteiger partial charge in [-0.25, -0.2) is 0 Å². The van der Waals surface area contributed by atoms with E-state index in [0.29, 0.717) is 5.56 Å². The third kappa shape index (κ3) is 7.84. The monoisotopic (exact) mass is 274 g/mol. The summed E-state index contributed by atoms with van der Waals surface area (Å²) in [6, 6.07) is 5.56. The lowest BCUT2D eigenvalue weighted by molar-refractivity contribution is -0.384. The van der Waals surface area contributed by atoms with Crippen molar-refractivity contribution < 1.29 is 18.9 Å². The number of hydrogen-bond donors (Lipinski definition) is 1. The number of non-ortho nitro benzene ring substituents is 1. The Morgan fingerprint density at radius 3 is 2.11 bits per heavy atom. The van der Waals surface area contributed by atoms with Crippen molar-refractivity contribution in [3.63, 3.8) is 0 Å². The van der Waals surface area contributed by atoms with Gasteiger partial charge in [0.05, 0.1) is 4.92 Å². The van der Waals surface area contributed by atoms with Crippen LogP contribution in [0.25, 0.3) is 0 Å². The SMILES string of the molecule is CCCC.O=[N+]([O-])c1ccc(CO[P+](=O)O)cc1. The second-order valence-corrected chi connectivity index (χ2v) is 4.17. The highest BCUT2D eigenvalue weighted by atomic mass is 31.1. The van der Waals surface area contributed by atoms with Gasteiger partial charge in [-0.05, 0) is 17.7 Å². The first-order valence-electron chi connectivity index (χ1n) is 5.53. The number of benzene rings is 1. The highest BCUT2D eigenvalue weighted by molar-refractivity contribution is 7.32. The first-order chi connectivity index (χ1) is 8.51. The fourth-order valence-electron chi connectivity index (χ4n) is 0.844. The summed E-state index contributed by atoms with van der Waals surface area (Å²) in [6.07, 6.45) is 2.64. The number of unbranched alkanes of at least 4 members (excludes halogenated alkanes) is 1. The molecule has 0 aliphatic rings. The van der Waals surface area contributed by atoms with E-state index in [0.717, 1.165) is 0 Å². The molecule has 0 bridgehead atoms. The van der Waals surface area contributed by atoms with Crippen LogP contribution in [0.15, 0.2) is 24.3 Å². The Morgan fingerprint density at radius 1 is 1.28 bits per heavy atom. The zero-order chi connectivity index (χ0) is 14.0. The van der Waals surface area contributed by atoms with Crippen molar-refractivity contribution in [2.45, 2.75) is 33.3 Å². The molecule has 0 aliphatic carbocycles. The summed E-state index contributed by atoms with van der Waals surface area (Å²) in [7, 11) is -2.63. The van der Waals surface area contributed by atoms with Crippen molar-refractivity contribution >= 4 is 13.9 Å². The highest BCUT2D eigenvalue weighted by Gasteiger charge is 2.12. The van der Waals surface area contributed by atoms with Gasteiger partial charge >= 0.3 is 8.25 Å². The summed E-state index contributed by atoms with van der Waals surface area (Å²) in [6.45, 7) is 4.32. The lowest BCUT2D eigenvalue weighted by atomic mass is 10.2. The molecule has 1 N–H and O–H groups in total. The summed E-state index contributed by atoms with van der Waals surface area (Å²) < 4.78 is 14.6. The quantitative estimate of drug-likeness (QED) is 0.503. The van der Waals surface area contributed by atoms with Crippen molar-refractivity contribution in [1.29, 1.82) is 0 Å². The Morgan fingerprint density at radius 2 is 1.78 bits per heavy atom. The molecule has 0 saturated heterocycles. The zero-order valence-electron chi connectivity index (χ0n) is 10.4. The molecule has 0 aromatic heterocycles. The van der Waals surface area contributed by atoms with Crippen LogP contribution in [0, 0.1) is 10.1 Å². The molecule has 100 valence electrons. The Balaban J connectivity index is 0.000000631. The van der Waals surface area contributed by atoms with Crippen LogP contribution in [0.2, 0.25) is 0 Å². The standard InChI is InChI=1S/C7H6NO5P.C4H10/c9-8(10)7-3-1-6(2-4-7)5-13-14(11)12;1-3-4-2/h1-4H,5H2;3-4H2,1-2H3/p+1. The number of hydrogen-bond acceptors (Lipinski definition) is 4. The molecule has 0 heterocycles. The van der Waals surface area contributed by atoms with Crippen molar-refractivity contribution in [2.75, 3.05) is 0 Å². The van der Waals surface area contributed by atoms with Gasteiger partial charge < -0.3 is 0 Å². The second-order valence-electron chi connectivity index (χ2n) is 3.43. The van der Waals surface area contributed by atoms with Gasteiger partial charge in [-0.1, -0.05) is 26.7 Å². The Bertz CT molecular complexity index is 378. The number of nitro benzene ring substituents is 1. The van der Waals surface area contributed by atoms with Gasteiger partial charge in [0.1, 0.15) is 6.61 Å². The average molecular weight is 274 g/mol. The lowest BCUT2D eigenvalue weighted by Gasteiger charge is -1.94. The smallest absolute Gasteiger partial charge is 0.258 e.